The van der Waals surface area contributed by atoms with Crippen LogP contribution in [0.15, 0.2) is 23.2 Å². The number of hydrogen-bond donors (Lipinski definition) is 1. The molecule has 1 N–H and O–H groups in total. The molecule has 1 aromatic carbocycles. The number of ether oxygens (including phenoxy) is 3. The molecule has 0 radical (unpaired) electrons. The highest BCUT2D eigenvalue weighted by molar-refractivity contribution is 14.0. The van der Waals surface area contributed by atoms with E-state index in [0.717, 1.165) is 62.3 Å². The van der Waals surface area contributed by atoms with E-state index in [9.17, 15) is 0 Å². The van der Waals surface area contributed by atoms with Crippen molar-refractivity contribution in [2.75, 3.05) is 46.6 Å². The molecule has 2 aliphatic rings. The van der Waals surface area contributed by atoms with Gasteiger partial charge in [0.15, 0.2) is 17.5 Å². The Morgan fingerprint density at radius 3 is 2.82 bits per heavy atom. The lowest BCUT2D eigenvalue weighted by Gasteiger charge is -2.25. The number of nitrogens with zero attached hydrogens (tertiary/aromatic N) is 2. The van der Waals surface area contributed by atoms with Crippen molar-refractivity contribution in [1.82, 2.24) is 10.2 Å². The Morgan fingerprint density at radius 1 is 1.29 bits per heavy atom. The van der Waals surface area contributed by atoms with Crippen molar-refractivity contribution in [2.24, 2.45) is 10.4 Å². The Kier molecular flexibility index (Phi) is 9.14. The van der Waals surface area contributed by atoms with Gasteiger partial charge in [-0.25, -0.2) is 4.99 Å². The average molecular weight is 503 g/mol. The molecule has 6 nitrogen and oxygen atoms in total. The van der Waals surface area contributed by atoms with Crippen LogP contribution in [0.25, 0.3) is 0 Å². The summed E-state index contributed by atoms with van der Waals surface area (Å²) in [5.41, 5.74) is 1.45. The van der Waals surface area contributed by atoms with E-state index in [1.54, 1.807) is 7.11 Å². The number of likely N-dealkylation sites (tertiary alicyclic amines) is 1. The normalized spacial score (nSPS) is 21.7. The zero-order valence-electron chi connectivity index (χ0n) is 17.3. The molecule has 1 spiro atoms. The van der Waals surface area contributed by atoms with Crippen LogP contribution in [0.3, 0.4) is 0 Å². The van der Waals surface area contributed by atoms with E-state index in [0.29, 0.717) is 18.6 Å². The highest BCUT2D eigenvalue weighted by atomic mass is 127. The Hall–Kier alpha value is -1.22. The number of rotatable bonds is 7. The van der Waals surface area contributed by atoms with Gasteiger partial charge in [-0.2, -0.15) is 0 Å². The topological polar surface area (TPSA) is 55.3 Å². The molecule has 1 unspecified atom stereocenters. The third-order valence-corrected chi connectivity index (χ3v) is 5.36. The first-order valence-electron chi connectivity index (χ1n) is 10.1. The minimum atomic E-state index is 0. The molecule has 0 aliphatic carbocycles. The van der Waals surface area contributed by atoms with E-state index in [-0.39, 0.29) is 24.0 Å². The van der Waals surface area contributed by atoms with Crippen molar-refractivity contribution in [2.45, 2.75) is 39.7 Å². The first kappa shape index (κ1) is 23.1. The monoisotopic (exact) mass is 503 g/mol. The number of nitrogens with one attached hydrogen (secondary N) is 1. The van der Waals surface area contributed by atoms with Gasteiger partial charge in [-0.15, -0.1) is 24.0 Å². The number of halogens is 1. The number of methoxy groups -OCH3 is 1. The summed E-state index contributed by atoms with van der Waals surface area (Å²) in [4.78, 5) is 7.26. The molecular weight excluding hydrogens is 469 g/mol. The maximum absolute atomic E-state index is 5.74. The van der Waals surface area contributed by atoms with Gasteiger partial charge in [-0.05, 0) is 43.9 Å². The summed E-state index contributed by atoms with van der Waals surface area (Å²) in [6, 6.07) is 6.07. The standard InChI is InChI=1S/C21H33N3O3.HI/c1-4-11-27-18-7-6-17(13-19(18)25-3)14-23-20(22-5-2)24-10-8-21(15-24)9-12-26-16-21;/h6-7,13H,4-5,8-12,14-16H2,1-3H3,(H,22,23);1H. The summed E-state index contributed by atoms with van der Waals surface area (Å²) < 4.78 is 16.9. The summed E-state index contributed by atoms with van der Waals surface area (Å²) in [5, 5.41) is 3.45. The summed E-state index contributed by atoms with van der Waals surface area (Å²) in [6.45, 7) is 10.2. The van der Waals surface area contributed by atoms with Gasteiger partial charge < -0.3 is 24.4 Å². The lowest BCUT2D eigenvalue weighted by atomic mass is 9.87. The summed E-state index contributed by atoms with van der Waals surface area (Å²) in [5.74, 6) is 2.55. The molecular formula is C21H34IN3O3. The molecule has 158 valence electrons. The van der Waals surface area contributed by atoms with Gasteiger partial charge in [0.25, 0.3) is 0 Å². The largest absolute Gasteiger partial charge is 0.493 e. The second-order valence-corrected chi connectivity index (χ2v) is 7.48. The molecule has 0 saturated carbocycles. The van der Waals surface area contributed by atoms with E-state index in [1.807, 2.05) is 12.1 Å². The van der Waals surface area contributed by atoms with Crippen molar-refractivity contribution in [3.63, 3.8) is 0 Å². The Balaban J connectivity index is 0.00000280. The molecule has 2 fully saturated rings. The van der Waals surface area contributed by atoms with E-state index < -0.39 is 0 Å². The number of hydrogen-bond acceptors (Lipinski definition) is 4. The van der Waals surface area contributed by atoms with E-state index in [4.69, 9.17) is 19.2 Å². The second kappa shape index (κ2) is 11.1. The fraction of sp³-hybridized carbons (Fsp3) is 0.667. The molecule has 0 bridgehead atoms. The van der Waals surface area contributed by atoms with Gasteiger partial charge in [0.1, 0.15) is 0 Å². The van der Waals surface area contributed by atoms with Gasteiger partial charge in [-0.3, -0.25) is 0 Å². The van der Waals surface area contributed by atoms with Gasteiger partial charge in [0, 0.05) is 31.7 Å². The fourth-order valence-electron chi connectivity index (χ4n) is 3.82. The van der Waals surface area contributed by atoms with Gasteiger partial charge >= 0.3 is 0 Å². The average Bonchev–Trinajstić information content (AvgIpc) is 3.33. The minimum absolute atomic E-state index is 0. The molecule has 0 aromatic heterocycles. The lowest BCUT2D eigenvalue weighted by Crippen LogP contribution is -2.41. The van der Waals surface area contributed by atoms with Crippen molar-refractivity contribution < 1.29 is 14.2 Å². The van der Waals surface area contributed by atoms with Crippen LogP contribution in [0, 0.1) is 5.41 Å². The predicted octanol–water partition coefficient (Wildman–Crippen LogP) is 3.68. The molecule has 1 aromatic rings. The maximum atomic E-state index is 5.74. The van der Waals surface area contributed by atoms with Crippen LogP contribution in [0.5, 0.6) is 11.5 Å². The Labute approximate surface area is 186 Å². The zero-order valence-corrected chi connectivity index (χ0v) is 19.7. The summed E-state index contributed by atoms with van der Waals surface area (Å²) in [7, 11) is 1.68. The molecule has 2 saturated heterocycles. The summed E-state index contributed by atoms with van der Waals surface area (Å²) in [6.07, 6.45) is 3.33. The van der Waals surface area contributed by atoms with Crippen LogP contribution in [0.4, 0.5) is 0 Å². The van der Waals surface area contributed by atoms with Crippen LogP contribution < -0.4 is 14.8 Å². The SMILES string of the molecule is CCCOc1ccc(CN=C(NCC)N2CCC3(CCOC3)C2)cc1OC.I. The van der Waals surface area contributed by atoms with E-state index in [1.165, 1.54) is 12.8 Å². The van der Waals surface area contributed by atoms with Crippen molar-refractivity contribution >= 4 is 29.9 Å². The molecule has 7 heteroatoms. The summed E-state index contributed by atoms with van der Waals surface area (Å²) >= 11 is 0. The first-order chi connectivity index (χ1) is 13.2. The second-order valence-electron chi connectivity index (χ2n) is 7.48. The van der Waals surface area contributed by atoms with Crippen molar-refractivity contribution in [3.8, 4) is 11.5 Å². The lowest BCUT2D eigenvalue weighted by molar-refractivity contribution is 0.156. The molecule has 28 heavy (non-hydrogen) atoms. The van der Waals surface area contributed by atoms with Gasteiger partial charge in [0.2, 0.25) is 0 Å². The number of benzene rings is 1. The van der Waals surface area contributed by atoms with Crippen LogP contribution in [-0.4, -0.2) is 57.4 Å². The fourth-order valence-corrected chi connectivity index (χ4v) is 3.82. The van der Waals surface area contributed by atoms with Crippen LogP contribution in [0.1, 0.15) is 38.7 Å². The van der Waals surface area contributed by atoms with Crippen molar-refractivity contribution in [3.05, 3.63) is 23.8 Å². The van der Waals surface area contributed by atoms with Crippen LogP contribution in [-0.2, 0) is 11.3 Å². The molecule has 3 rings (SSSR count). The van der Waals surface area contributed by atoms with Gasteiger partial charge in [0.05, 0.1) is 26.9 Å². The van der Waals surface area contributed by atoms with Gasteiger partial charge in [-0.1, -0.05) is 13.0 Å². The number of guanidine groups is 1. The Morgan fingerprint density at radius 2 is 2.14 bits per heavy atom. The molecule has 2 heterocycles. The van der Waals surface area contributed by atoms with Crippen LogP contribution >= 0.6 is 24.0 Å². The highest BCUT2D eigenvalue weighted by Crippen LogP contribution is 2.38. The first-order valence-corrected chi connectivity index (χ1v) is 10.1. The third kappa shape index (κ3) is 5.65. The molecule has 2 aliphatic heterocycles. The zero-order chi connectivity index (χ0) is 19.1. The van der Waals surface area contributed by atoms with Crippen molar-refractivity contribution in [1.29, 1.82) is 0 Å². The Bertz CT molecular complexity index is 648. The minimum Gasteiger partial charge on any atom is -0.493 e. The molecule has 0 amide bonds. The highest BCUT2D eigenvalue weighted by Gasteiger charge is 2.42. The molecule has 1 atom stereocenters. The smallest absolute Gasteiger partial charge is 0.194 e. The quantitative estimate of drug-likeness (QED) is 0.350. The third-order valence-electron chi connectivity index (χ3n) is 5.36. The van der Waals surface area contributed by atoms with Crippen LogP contribution in [0.2, 0.25) is 0 Å². The maximum Gasteiger partial charge on any atom is 0.194 e. The van der Waals surface area contributed by atoms with E-state index in [2.05, 4.69) is 30.1 Å². The predicted molar refractivity (Wildman–Crippen MR) is 123 cm³/mol. The number of aliphatic imine (C=N–C) groups is 1. The van der Waals surface area contributed by atoms with E-state index >= 15 is 0 Å².